The molecule has 0 aromatic carbocycles. The molecule has 2 fully saturated rings. The molecule has 0 aromatic heterocycles. The van der Waals surface area contributed by atoms with Crippen molar-refractivity contribution in [2.75, 3.05) is 19.3 Å². The van der Waals surface area contributed by atoms with Crippen LogP contribution < -0.4 is 5.32 Å². The van der Waals surface area contributed by atoms with Crippen molar-refractivity contribution >= 4 is 23.6 Å². The van der Waals surface area contributed by atoms with Crippen molar-refractivity contribution in [1.29, 1.82) is 0 Å². The van der Waals surface area contributed by atoms with E-state index in [1.165, 1.54) is 19.3 Å². The molecular formula is C18H32N2O2S. The highest BCUT2D eigenvalue weighted by Crippen LogP contribution is 2.28. The maximum atomic E-state index is 12.7. The second-order valence-electron chi connectivity index (χ2n) is 8.01. The van der Waals surface area contributed by atoms with Crippen LogP contribution in [0.25, 0.3) is 0 Å². The molecule has 0 radical (unpaired) electrons. The molecule has 0 spiro atoms. The first-order chi connectivity index (χ1) is 10.8. The van der Waals surface area contributed by atoms with Crippen LogP contribution >= 0.6 is 11.8 Å². The van der Waals surface area contributed by atoms with Crippen molar-refractivity contribution in [2.24, 2.45) is 11.3 Å². The number of carbonyl (C=O) groups excluding carboxylic acids is 2. The average molecular weight is 341 g/mol. The zero-order chi connectivity index (χ0) is 17.0. The Labute approximate surface area is 145 Å². The average Bonchev–Trinajstić information content (AvgIpc) is 2.54. The van der Waals surface area contributed by atoms with Crippen LogP contribution in [0.3, 0.4) is 0 Å². The first-order valence-corrected chi connectivity index (χ1v) is 10.2. The van der Waals surface area contributed by atoms with Gasteiger partial charge >= 0.3 is 0 Å². The van der Waals surface area contributed by atoms with Crippen molar-refractivity contribution in [3.8, 4) is 0 Å². The number of hydrogen-bond donors (Lipinski definition) is 1. The summed E-state index contributed by atoms with van der Waals surface area (Å²) in [6.45, 7) is 7.22. The van der Waals surface area contributed by atoms with E-state index in [1.807, 2.05) is 37.4 Å². The lowest BCUT2D eigenvalue weighted by Gasteiger charge is -2.37. The molecule has 4 nitrogen and oxygen atoms in total. The zero-order valence-electron chi connectivity index (χ0n) is 15.1. The van der Waals surface area contributed by atoms with Gasteiger partial charge in [-0.3, -0.25) is 9.59 Å². The number of hydrogen-bond acceptors (Lipinski definition) is 3. The van der Waals surface area contributed by atoms with Gasteiger partial charge in [0.1, 0.15) is 0 Å². The summed E-state index contributed by atoms with van der Waals surface area (Å²) in [5.41, 5.74) is -0.369. The normalized spacial score (nSPS) is 29.2. The summed E-state index contributed by atoms with van der Waals surface area (Å²) in [7, 11) is 0. The maximum absolute atomic E-state index is 12.7. The predicted octanol–water partition coefficient (Wildman–Crippen LogP) is 3.06. The van der Waals surface area contributed by atoms with E-state index < -0.39 is 0 Å². The highest BCUT2D eigenvalue weighted by molar-refractivity contribution is 7.99. The van der Waals surface area contributed by atoms with Gasteiger partial charge in [-0.05, 0) is 31.9 Å². The van der Waals surface area contributed by atoms with Gasteiger partial charge in [-0.1, -0.05) is 33.6 Å². The van der Waals surface area contributed by atoms with E-state index in [1.54, 1.807) is 0 Å². The number of carbonyl (C=O) groups is 2. The Morgan fingerprint density at radius 3 is 2.43 bits per heavy atom. The standard InChI is InChI=1S/C18H32N2O2S/c1-18(2,3)17(22)20-11-7-8-13(12-20)16(21)19-14-9-5-6-10-15(14)23-4/h13-15H,5-12H2,1-4H3,(H,19,21)/t13-,14-,15+/m0/s1. The second-order valence-corrected chi connectivity index (χ2v) is 9.09. The summed E-state index contributed by atoms with van der Waals surface area (Å²) in [6, 6.07) is 0.306. The molecule has 1 heterocycles. The van der Waals surface area contributed by atoms with Gasteiger partial charge in [0.15, 0.2) is 0 Å². The van der Waals surface area contributed by atoms with E-state index in [0.717, 1.165) is 25.8 Å². The smallest absolute Gasteiger partial charge is 0.227 e. The highest BCUT2D eigenvalue weighted by atomic mass is 32.2. The Morgan fingerprint density at radius 2 is 1.78 bits per heavy atom. The Balaban J connectivity index is 1.92. The van der Waals surface area contributed by atoms with E-state index in [-0.39, 0.29) is 23.1 Å². The number of nitrogens with one attached hydrogen (secondary N) is 1. The monoisotopic (exact) mass is 340 g/mol. The van der Waals surface area contributed by atoms with Gasteiger partial charge < -0.3 is 10.2 Å². The third-order valence-electron chi connectivity index (χ3n) is 5.05. The Hall–Kier alpha value is -0.710. The largest absolute Gasteiger partial charge is 0.352 e. The van der Waals surface area contributed by atoms with Gasteiger partial charge in [-0.25, -0.2) is 0 Å². The second kappa shape index (κ2) is 7.91. The predicted molar refractivity (Wildman–Crippen MR) is 96.5 cm³/mol. The number of thioether (sulfide) groups is 1. The zero-order valence-corrected chi connectivity index (χ0v) is 15.9. The minimum absolute atomic E-state index is 0.0421. The molecular weight excluding hydrogens is 308 g/mol. The molecule has 3 atom stereocenters. The van der Waals surface area contributed by atoms with Gasteiger partial charge in [0.05, 0.1) is 5.92 Å². The van der Waals surface area contributed by atoms with Crippen molar-refractivity contribution in [3.05, 3.63) is 0 Å². The molecule has 1 aliphatic carbocycles. The highest BCUT2D eigenvalue weighted by Gasteiger charge is 2.35. The molecule has 23 heavy (non-hydrogen) atoms. The van der Waals surface area contributed by atoms with Gasteiger partial charge in [-0.15, -0.1) is 0 Å². The quantitative estimate of drug-likeness (QED) is 0.859. The van der Waals surface area contributed by atoms with Crippen LogP contribution in [0.5, 0.6) is 0 Å². The van der Waals surface area contributed by atoms with Gasteiger partial charge in [-0.2, -0.15) is 11.8 Å². The molecule has 1 N–H and O–H groups in total. The molecule has 0 bridgehead atoms. The Kier molecular flexibility index (Phi) is 6.40. The third-order valence-corrected chi connectivity index (χ3v) is 6.22. The number of rotatable bonds is 3. The summed E-state index contributed by atoms with van der Waals surface area (Å²) in [6.07, 6.45) is 8.74. The van der Waals surface area contributed by atoms with E-state index >= 15 is 0 Å². The van der Waals surface area contributed by atoms with E-state index in [9.17, 15) is 9.59 Å². The fraction of sp³-hybridized carbons (Fsp3) is 0.889. The maximum Gasteiger partial charge on any atom is 0.227 e. The van der Waals surface area contributed by atoms with E-state index in [2.05, 4.69) is 11.6 Å². The lowest BCUT2D eigenvalue weighted by Crippen LogP contribution is -2.51. The van der Waals surface area contributed by atoms with Gasteiger partial charge in [0.2, 0.25) is 11.8 Å². The van der Waals surface area contributed by atoms with Crippen LogP contribution in [-0.2, 0) is 9.59 Å². The lowest BCUT2D eigenvalue weighted by molar-refractivity contribution is -0.142. The minimum atomic E-state index is -0.369. The number of amides is 2. The molecule has 0 aromatic rings. The fourth-order valence-corrected chi connectivity index (χ4v) is 4.63. The molecule has 132 valence electrons. The molecule has 5 heteroatoms. The number of likely N-dealkylation sites (tertiary alicyclic amines) is 1. The van der Waals surface area contributed by atoms with Gasteiger partial charge in [0, 0.05) is 29.8 Å². The summed E-state index contributed by atoms with van der Waals surface area (Å²) >= 11 is 1.87. The summed E-state index contributed by atoms with van der Waals surface area (Å²) in [4.78, 5) is 27.0. The third kappa shape index (κ3) is 4.88. The minimum Gasteiger partial charge on any atom is -0.352 e. The summed E-state index contributed by atoms with van der Waals surface area (Å²) in [5, 5.41) is 3.84. The van der Waals surface area contributed by atoms with E-state index in [4.69, 9.17) is 0 Å². The molecule has 1 saturated heterocycles. The van der Waals surface area contributed by atoms with Crippen molar-refractivity contribution < 1.29 is 9.59 Å². The molecule has 0 unspecified atom stereocenters. The topological polar surface area (TPSA) is 49.4 Å². The van der Waals surface area contributed by atoms with Crippen LogP contribution in [0, 0.1) is 11.3 Å². The molecule has 1 saturated carbocycles. The van der Waals surface area contributed by atoms with Crippen LogP contribution in [0.15, 0.2) is 0 Å². The van der Waals surface area contributed by atoms with Crippen LogP contribution in [0.2, 0.25) is 0 Å². The summed E-state index contributed by atoms with van der Waals surface area (Å²) in [5.74, 6) is 0.275. The number of nitrogens with zero attached hydrogens (tertiary/aromatic N) is 1. The summed E-state index contributed by atoms with van der Waals surface area (Å²) < 4.78 is 0. The molecule has 2 aliphatic rings. The lowest BCUT2D eigenvalue weighted by atomic mass is 9.90. The van der Waals surface area contributed by atoms with Crippen molar-refractivity contribution in [2.45, 2.75) is 70.6 Å². The SMILES string of the molecule is CS[C@@H]1CCCC[C@@H]1NC(=O)[C@H]1CCCN(C(=O)C(C)(C)C)C1. The van der Waals surface area contributed by atoms with Crippen LogP contribution in [0.1, 0.15) is 59.3 Å². The first kappa shape index (κ1) is 18.6. The number of piperidine rings is 1. The Bertz CT molecular complexity index is 433. The Morgan fingerprint density at radius 1 is 1.09 bits per heavy atom. The van der Waals surface area contributed by atoms with Crippen LogP contribution in [-0.4, -0.2) is 47.4 Å². The van der Waals surface area contributed by atoms with E-state index in [0.29, 0.717) is 17.8 Å². The molecule has 1 aliphatic heterocycles. The van der Waals surface area contributed by atoms with Gasteiger partial charge in [0.25, 0.3) is 0 Å². The van der Waals surface area contributed by atoms with Crippen LogP contribution in [0.4, 0.5) is 0 Å². The molecule has 2 rings (SSSR count). The van der Waals surface area contributed by atoms with Crippen molar-refractivity contribution in [1.82, 2.24) is 10.2 Å². The molecule has 2 amide bonds. The van der Waals surface area contributed by atoms with Crippen molar-refractivity contribution in [3.63, 3.8) is 0 Å². The fourth-order valence-electron chi connectivity index (χ4n) is 3.69. The first-order valence-electron chi connectivity index (χ1n) is 8.95.